The van der Waals surface area contributed by atoms with Crippen LogP contribution in [0.15, 0.2) is 47.6 Å². The predicted octanol–water partition coefficient (Wildman–Crippen LogP) is 3.59. The van der Waals surface area contributed by atoms with E-state index in [1.807, 2.05) is 32.9 Å². The van der Waals surface area contributed by atoms with Gasteiger partial charge >= 0.3 is 0 Å². The zero-order valence-corrected chi connectivity index (χ0v) is 16.5. The Balaban J connectivity index is 2.02. The van der Waals surface area contributed by atoms with Gasteiger partial charge < -0.3 is 14.8 Å². The van der Waals surface area contributed by atoms with E-state index < -0.39 is 0 Å². The molecule has 0 aliphatic heterocycles. The van der Waals surface area contributed by atoms with Gasteiger partial charge in [0.1, 0.15) is 0 Å². The van der Waals surface area contributed by atoms with Crippen LogP contribution in [-0.4, -0.2) is 30.7 Å². The average Bonchev–Trinajstić information content (AvgIpc) is 2.63. The highest BCUT2D eigenvalue weighted by atomic mass is 16.5. The topological polar surface area (TPSA) is 89.0 Å². The van der Waals surface area contributed by atoms with Crippen LogP contribution in [0.5, 0.6) is 11.5 Å². The number of rotatable bonds is 8. The predicted molar refractivity (Wildman–Crippen MR) is 109 cm³/mol. The molecule has 0 aromatic heterocycles. The van der Waals surface area contributed by atoms with Gasteiger partial charge in [-0.25, -0.2) is 5.43 Å². The molecular formula is C21H25N3O4. The second kappa shape index (κ2) is 10.1. The Bertz CT molecular complexity index is 845. The summed E-state index contributed by atoms with van der Waals surface area (Å²) in [5, 5.41) is 6.63. The van der Waals surface area contributed by atoms with E-state index in [4.69, 9.17) is 9.47 Å². The third-order valence-electron chi connectivity index (χ3n) is 3.48. The minimum absolute atomic E-state index is 0.0371. The number of benzene rings is 2. The van der Waals surface area contributed by atoms with E-state index in [0.29, 0.717) is 29.4 Å². The largest absolute Gasteiger partial charge is 0.490 e. The van der Waals surface area contributed by atoms with Crippen molar-refractivity contribution in [2.75, 3.05) is 11.9 Å². The first-order valence-electron chi connectivity index (χ1n) is 9.03. The first-order valence-corrected chi connectivity index (χ1v) is 9.03. The van der Waals surface area contributed by atoms with Crippen LogP contribution in [0.1, 0.15) is 43.6 Å². The molecule has 0 aliphatic rings. The molecule has 0 spiro atoms. The average molecular weight is 383 g/mol. The summed E-state index contributed by atoms with van der Waals surface area (Å²) in [5.41, 5.74) is 4.30. The molecule has 0 unspecified atom stereocenters. The Kier molecular flexibility index (Phi) is 7.56. The standard InChI is InChI=1S/C21H25N3O4/c1-5-27-20-12-16(6-11-19(20)28-14(2)3)13-22-24-21(26)17-7-9-18(10-8-17)23-15(4)25/h6-14H,5H2,1-4H3,(H,23,25)(H,24,26). The lowest BCUT2D eigenvalue weighted by molar-refractivity contribution is -0.114. The molecule has 0 bridgehead atoms. The number of carbonyl (C=O) groups excluding carboxylic acids is 2. The van der Waals surface area contributed by atoms with Gasteiger partial charge in [0, 0.05) is 18.2 Å². The first-order chi connectivity index (χ1) is 13.4. The zero-order chi connectivity index (χ0) is 20.5. The van der Waals surface area contributed by atoms with Crippen molar-refractivity contribution in [3.05, 3.63) is 53.6 Å². The molecule has 2 N–H and O–H groups in total. The van der Waals surface area contributed by atoms with E-state index in [0.717, 1.165) is 5.56 Å². The van der Waals surface area contributed by atoms with Crippen LogP contribution in [0.25, 0.3) is 0 Å². The van der Waals surface area contributed by atoms with Crippen molar-refractivity contribution in [3.8, 4) is 11.5 Å². The number of carbonyl (C=O) groups is 2. The van der Waals surface area contributed by atoms with Gasteiger partial charge in [-0.05, 0) is 68.8 Å². The fraction of sp³-hybridized carbons (Fsp3) is 0.286. The summed E-state index contributed by atoms with van der Waals surface area (Å²) < 4.78 is 11.3. The highest BCUT2D eigenvalue weighted by Gasteiger charge is 2.08. The van der Waals surface area contributed by atoms with Crippen molar-refractivity contribution in [1.29, 1.82) is 0 Å². The number of nitrogens with zero attached hydrogens (tertiary/aromatic N) is 1. The Morgan fingerprint density at radius 3 is 2.43 bits per heavy atom. The summed E-state index contributed by atoms with van der Waals surface area (Å²) in [5.74, 6) is 0.769. The summed E-state index contributed by atoms with van der Waals surface area (Å²) in [6, 6.07) is 12.0. The molecule has 28 heavy (non-hydrogen) atoms. The summed E-state index contributed by atoms with van der Waals surface area (Å²) >= 11 is 0. The van der Waals surface area contributed by atoms with Crippen LogP contribution >= 0.6 is 0 Å². The van der Waals surface area contributed by atoms with Gasteiger partial charge in [-0.15, -0.1) is 0 Å². The van der Waals surface area contributed by atoms with E-state index in [9.17, 15) is 9.59 Å². The Hall–Kier alpha value is -3.35. The lowest BCUT2D eigenvalue weighted by atomic mass is 10.2. The number of ether oxygens (including phenoxy) is 2. The Morgan fingerprint density at radius 1 is 1.11 bits per heavy atom. The number of hydrogen-bond acceptors (Lipinski definition) is 5. The number of amides is 2. The normalized spacial score (nSPS) is 10.8. The summed E-state index contributed by atoms with van der Waals surface area (Å²) in [6.45, 7) is 7.73. The van der Waals surface area contributed by atoms with E-state index in [1.165, 1.54) is 13.1 Å². The van der Waals surface area contributed by atoms with Gasteiger partial charge in [0.15, 0.2) is 11.5 Å². The number of hydrazone groups is 1. The van der Waals surface area contributed by atoms with Crippen molar-refractivity contribution in [3.63, 3.8) is 0 Å². The highest BCUT2D eigenvalue weighted by molar-refractivity contribution is 5.96. The minimum atomic E-state index is -0.351. The molecule has 0 radical (unpaired) electrons. The van der Waals surface area contributed by atoms with Gasteiger partial charge in [0.2, 0.25) is 5.91 Å². The van der Waals surface area contributed by atoms with Crippen LogP contribution in [-0.2, 0) is 4.79 Å². The third-order valence-corrected chi connectivity index (χ3v) is 3.48. The Morgan fingerprint density at radius 2 is 1.82 bits per heavy atom. The number of anilines is 1. The SMILES string of the molecule is CCOc1cc(C=NNC(=O)c2ccc(NC(C)=O)cc2)ccc1OC(C)C. The van der Waals surface area contributed by atoms with Crippen LogP contribution in [0.4, 0.5) is 5.69 Å². The smallest absolute Gasteiger partial charge is 0.271 e. The molecule has 7 nitrogen and oxygen atoms in total. The molecule has 0 heterocycles. The Labute approximate surface area is 164 Å². The molecule has 7 heteroatoms. The molecule has 2 aromatic rings. The second-order valence-corrected chi connectivity index (χ2v) is 6.26. The quantitative estimate of drug-likeness (QED) is 0.538. The van der Waals surface area contributed by atoms with Gasteiger partial charge in [0.25, 0.3) is 5.91 Å². The van der Waals surface area contributed by atoms with E-state index in [2.05, 4.69) is 15.8 Å². The van der Waals surface area contributed by atoms with Crippen molar-refractivity contribution in [2.45, 2.75) is 33.8 Å². The molecule has 2 rings (SSSR count). The molecule has 0 fully saturated rings. The third kappa shape index (κ3) is 6.42. The van der Waals surface area contributed by atoms with Crippen molar-refractivity contribution in [2.24, 2.45) is 5.10 Å². The minimum Gasteiger partial charge on any atom is -0.490 e. The maximum atomic E-state index is 12.2. The first kappa shape index (κ1) is 21.0. The van der Waals surface area contributed by atoms with Gasteiger partial charge in [-0.1, -0.05) is 0 Å². The van der Waals surface area contributed by atoms with Gasteiger partial charge in [-0.3, -0.25) is 9.59 Å². The molecule has 0 saturated heterocycles. The summed E-state index contributed by atoms with van der Waals surface area (Å²) in [6.07, 6.45) is 1.57. The molecule has 2 aromatic carbocycles. The van der Waals surface area contributed by atoms with Crippen molar-refractivity contribution < 1.29 is 19.1 Å². The zero-order valence-electron chi connectivity index (χ0n) is 16.5. The van der Waals surface area contributed by atoms with Gasteiger partial charge in [-0.2, -0.15) is 5.10 Å². The van der Waals surface area contributed by atoms with Gasteiger partial charge in [0.05, 0.1) is 18.9 Å². The van der Waals surface area contributed by atoms with E-state index in [-0.39, 0.29) is 17.9 Å². The lowest BCUT2D eigenvalue weighted by Gasteiger charge is -2.14. The summed E-state index contributed by atoms with van der Waals surface area (Å²) in [4.78, 5) is 23.2. The number of hydrogen-bond donors (Lipinski definition) is 2. The fourth-order valence-electron chi connectivity index (χ4n) is 2.36. The monoisotopic (exact) mass is 383 g/mol. The maximum absolute atomic E-state index is 12.2. The van der Waals surface area contributed by atoms with Crippen LogP contribution < -0.4 is 20.2 Å². The highest BCUT2D eigenvalue weighted by Crippen LogP contribution is 2.28. The molecule has 148 valence electrons. The molecule has 0 atom stereocenters. The lowest BCUT2D eigenvalue weighted by Crippen LogP contribution is -2.17. The van der Waals surface area contributed by atoms with Crippen LogP contribution in [0.3, 0.4) is 0 Å². The molecule has 0 saturated carbocycles. The molecular weight excluding hydrogens is 358 g/mol. The number of nitrogens with one attached hydrogen (secondary N) is 2. The second-order valence-electron chi connectivity index (χ2n) is 6.26. The summed E-state index contributed by atoms with van der Waals surface area (Å²) in [7, 11) is 0. The van der Waals surface area contributed by atoms with Crippen LogP contribution in [0, 0.1) is 0 Å². The van der Waals surface area contributed by atoms with E-state index in [1.54, 1.807) is 30.3 Å². The van der Waals surface area contributed by atoms with Crippen LogP contribution in [0.2, 0.25) is 0 Å². The molecule has 2 amide bonds. The van der Waals surface area contributed by atoms with Crippen molar-refractivity contribution in [1.82, 2.24) is 5.43 Å². The maximum Gasteiger partial charge on any atom is 0.271 e. The van der Waals surface area contributed by atoms with E-state index >= 15 is 0 Å². The fourth-order valence-corrected chi connectivity index (χ4v) is 2.36. The molecule has 0 aliphatic carbocycles. The van der Waals surface area contributed by atoms with Crippen molar-refractivity contribution >= 4 is 23.7 Å².